The first-order chi connectivity index (χ1) is 5.34. The zero-order chi connectivity index (χ0) is 8.10. The number of hydrogen-bond donors (Lipinski definition) is 1. The fraction of sp³-hybridized carbons (Fsp3) is 0.375. The summed E-state index contributed by atoms with van der Waals surface area (Å²) >= 11 is 0. The molecule has 0 unspecified atom stereocenters. The Labute approximate surface area is 66.8 Å². The maximum Gasteiger partial charge on any atom is 0.132 e. The largest absolute Gasteiger partial charge is 0.335 e. The van der Waals surface area contributed by atoms with Gasteiger partial charge in [-0.05, 0) is 13.1 Å². The third-order valence-electron chi connectivity index (χ3n) is 1.45. The van der Waals surface area contributed by atoms with Gasteiger partial charge in [-0.1, -0.05) is 6.08 Å². The highest BCUT2D eigenvalue weighted by Crippen LogP contribution is 1.95. The van der Waals surface area contributed by atoms with E-state index in [0.29, 0.717) is 0 Å². The minimum atomic E-state index is 0.882. The van der Waals surface area contributed by atoms with Crippen LogP contribution in [0.15, 0.2) is 18.5 Å². The van der Waals surface area contributed by atoms with Gasteiger partial charge in [-0.2, -0.15) is 0 Å². The van der Waals surface area contributed by atoms with Crippen LogP contribution < -0.4 is 5.32 Å². The molecule has 0 aliphatic rings. The minimum absolute atomic E-state index is 0.882. The Morgan fingerprint density at radius 1 is 1.73 bits per heavy atom. The number of likely N-dealkylation sites (N-methyl/N-ethyl adjacent to an activating group) is 1. The molecule has 0 aliphatic carbocycles. The summed E-state index contributed by atoms with van der Waals surface area (Å²) in [6.07, 6.45) is 7.76. The standard InChI is InChI=1S/C8H13N3/c1-9-5-3-4-8-10-6-7-11(8)2/h3-4,6-7,9H,5H2,1-2H3/b4-3+. The summed E-state index contributed by atoms with van der Waals surface area (Å²) in [5, 5.41) is 3.03. The first kappa shape index (κ1) is 8.01. The molecule has 0 atom stereocenters. The quantitative estimate of drug-likeness (QED) is 0.687. The average Bonchev–Trinajstić information content (AvgIpc) is 2.37. The second-order valence-corrected chi connectivity index (χ2v) is 2.36. The topological polar surface area (TPSA) is 29.9 Å². The molecule has 0 aliphatic heterocycles. The van der Waals surface area contributed by atoms with E-state index < -0.39 is 0 Å². The highest BCUT2D eigenvalue weighted by molar-refractivity contribution is 5.40. The lowest BCUT2D eigenvalue weighted by atomic mass is 10.4. The number of nitrogens with one attached hydrogen (secondary N) is 1. The Balaban J connectivity index is 2.56. The molecule has 1 N–H and O–H groups in total. The fourth-order valence-electron chi connectivity index (χ4n) is 0.820. The van der Waals surface area contributed by atoms with Gasteiger partial charge in [0, 0.05) is 26.0 Å². The van der Waals surface area contributed by atoms with Gasteiger partial charge in [0.05, 0.1) is 0 Å². The minimum Gasteiger partial charge on any atom is -0.335 e. The van der Waals surface area contributed by atoms with Crippen LogP contribution in [-0.2, 0) is 7.05 Å². The molecule has 0 amide bonds. The Morgan fingerprint density at radius 3 is 3.09 bits per heavy atom. The first-order valence-electron chi connectivity index (χ1n) is 3.63. The average molecular weight is 151 g/mol. The van der Waals surface area contributed by atoms with Crippen molar-refractivity contribution in [3.63, 3.8) is 0 Å². The molecule has 0 fully saturated rings. The molecule has 1 rings (SSSR count). The van der Waals surface area contributed by atoms with E-state index in [9.17, 15) is 0 Å². The van der Waals surface area contributed by atoms with Crippen LogP contribution in [0.3, 0.4) is 0 Å². The van der Waals surface area contributed by atoms with E-state index >= 15 is 0 Å². The van der Waals surface area contributed by atoms with Crippen LogP contribution in [0.5, 0.6) is 0 Å². The van der Waals surface area contributed by atoms with Crippen molar-refractivity contribution in [2.75, 3.05) is 13.6 Å². The van der Waals surface area contributed by atoms with Crippen molar-refractivity contribution in [2.45, 2.75) is 0 Å². The molecule has 11 heavy (non-hydrogen) atoms. The zero-order valence-corrected chi connectivity index (χ0v) is 6.91. The smallest absolute Gasteiger partial charge is 0.132 e. The SMILES string of the molecule is CNC/C=C/c1nccn1C. The fourth-order valence-corrected chi connectivity index (χ4v) is 0.820. The number of hydrogen-bond acceptors (Lipinski definition) is 2. The molecule has 1 aromatic rings. The van der Waals surface area contributed by atoms with Crippen molar-refractivity contribution in [1.29, 1.82) is 0 Å². The van der Waals surface area contributed by atoms with Crippen LogP contribution in [0.2, 0.25) is 0 Å². The molecule has 3 heteroatoms. The first-order valence-corrected chi connectivity index (χ1v) is 3.63. The van der Waals surface area contributed by atoms with Crippen molar-refractivity contribution in [1.82, 2.24) is 14.9 Å². The molecule has 3 nitrogen and oxygen atoms in total. The Hall–Kier alpha value is -1.09. The molecule has 0 aromatic carbocycles. The normalized spacial score (nSPS) is 11.1. The molecule has 0 saturated carbocycles. The lowest BCUT2D eigenvalue weighted by molar-refractivity contribution is 0.891. The van der Waals surface area contributed by atoms with E-state index in [0.717, 1.165) is 12.4 Å². The number of aryl methyl sites for hydroxylation is 1. The van der Waals surface area contributed by atoms with Crippen molar-refractivity contribution < 1.29 is 0 Å². The van der Waals surface area contributed by atoms with Gasteiger partial charge in [0.25, 0.3) is 0 Å². The van der Waals surface area contributed by atoms with E-state index in [1.807, 2.05) is 37.0 Å². The summed E-state index contributed by atoms with van der Waals surface area (Å²) < 4.78 is 1.98. The predicted octanol–water partition coefficient (Wildman–Crippen LogP) is 0.653. The Morgan fingerprint density at radius 2 is 2.55 bits per heavy atom. The summed E-state index contributed by atoms with van der Waals surface area (Å²) in [5.41, 5.74) is 0. The van der Waals surface area contributed by atoms with Gasteiger partial charge in [0.2, 0.25) is 0 Å². The Bertz CT molecular complexity index is 237. The van der Waals surface area contributed by atoms with Gasteiger partial charge >= 0.3 is 0 Å². The lowest BCUT2D eigenvalue weighted by Crippen LogP contribution is -2.04. The van der Waals surface area contributed by atoms with Crippen molar-refractivity contribution >= 4 is 6.08 Å². The number of nitrogens with zero attached hydrogens (tertiary/aromatic N) is 2. The predicted molar refractivity (Wildman–Crippen MR) is 46.2 cm³/mol. The van der Waals surface area contributed by atoms with Gasteiger partial charge in [-0.25, -0.2) is 4.98 Å². The molecule has 0 bridgehead atoms. The third kappa shape index (κ3) is 2.20. The van der Waals surface area contributed by atoms with Gasteiger partial charge in [-0.15, -0.1) is 0 Å². The van der Waals surface area contributed by atoms with Crippen LogP contribution >= 0.6 is 0 Å². The van der Waals surface area contributed by atoms with Crippen LogP contribution in [-0.4, -0.2) is 23.1 Å². The van der Waals surface area contributed by atoms with E-state index in [1.54, 1.807) is 6.20 Å². The molecule has 0 saturated heterocycles. The summed E-state index contributed by atoms with van der Waals surface area (Å²) in [5.74, 6) is 0.986. The maximum absolute atomic E-state index is 4.14. The van der Waals surface area contributed by atoms with E-state index in [-0.39, 0.29) is 0 Å². The number of imidazole rings is 1. The summed E-state index contributed by atoms with van der Waals surface area (Å²) in [6.45, 7) is 0.882. The Kier molecular flexibility index (Phi) is 2.86. The summed E-state index contributed by atoms with van der Waals surface area (Å²) in [7, 11) is 3.90. The van der Waals surface area contributed by atoms with Crippen LogP contribution in [0.4, 0.5) is 0 Å². The van der Waals surface area contributed by atoms with E-state index in [1.165, 1.54) is 0 Å². The van der Waals surface area contributed by atoms with Crippen molar-refractivity contribution in [2.24, 2.45) is 7.05 Å². The van der Waals surface area contributed by atoms with Gasteiger partial charge in [0.15, 0.2) is 0 Å². The number of aromatic nitrogens is 2. The van der Waals surface area contributed by atoms with Crippen LogP contribution in [0.1, 0.15) is 5.82 Å². The second-order valence-electron chi connectivity index (χ2n) is 2.36. The summed E-state index contributed by atoms with van der Waals surface area (Å²) in [6, 6.07) is 0. The third-order valence-corrected chi connectivity index (χ3v) is 1.45. The van der Waals surface area contributed by atoms with Gasteiger partial charge < -0.3 is 9.88 Å². The zero-order valence-electron chi connectivity index (χ0n) is 6.91. The van der Waals surface area contributed by atoms with Crippen LogP contribution in [0, 0.1) is 0 Å². The van der Waals surface area contributed by atoms with Gasteiger partial charge in [-0.3, -0.25) is 0 Å². The molecule has 0 spiro atoms. The van der Waals surface area contributed by atoms with Crippen molar-refractivity contribution in [3.05, 3.63) is 24.3 Å². The molecule has 1 aromatic heterocycles. The number of rotatable bonds is 3. The molecular weight excluding hydrogens is 138 g/mol. The molecular formula is C8H13N3. The highest BCUT2D eigenvalue weighted by atomic mass is 15.0. The summed E-state index contributed by atoms with van der Waals surface area (Å²) in [4.78, 5) is 4.14. The monoisotopic (exact) mass is 151 g/mol. The molecule has 0 radical (unpaired) electrons. The van der Waals surface area contributed by atoms with E-state index in [4.69, 9.17) is 0 Å². The van der Waals surface area contributed by atoms with Crippen LogP contribution in [0.25, 0.3) is 6.08 Å². The van der Waals surface area contributed by atoms with Crippen molar-refractivity contribution in [3.8, 4) is 0 Å². The maximum atomic E-state index is 4.14. The van der Waals surface area contributed by atoms with E-state index in [2.05, 4.69) is 10.3 Å². The van der Waals surface area contributed by atoms with Gasteiger partial charge in [0.1, 0.15) is 5.82 Å². The highest BCUT2D eigenvalue weighted by Gasteiger charge is 1.89. The lowest BCUT2D eigenvalue weighted by Gasteiger charge is -1.92. The second kappa shape index (κ2) is 3.93. The molecule has 1 heterocycles. The molecule has 60 valence electrons.